The normalized spacial score (nSPS) is 22.8. The van der Waals surface area contributed by atoms with Gasteiger partial charge in [-0.15, -0.1) is 0 Å². The number of rotatable bonds is 2. The molecule has 0 atom stereocenters. The molecule has 3 heteroatoms. The highest BCUT2D eigenvalue weighted by Crippen LogP contribution is 2.34. The second-order valence-corrected chi connectivity index (χ2v) is 5.68. The molecule has 0 saturated carbocycles. The van der Waals surface area contributed by atoms with E-state index in [-0.39, 0.29) is 0 Å². The minimum absolute atomic E-state index is 0.363. The fourth-order valence-electron chi connectivity index (χ4n) is 3.04. The summed E-state index contributed by atoms with van der Waals surface area (Å²) in [6, 6.07) is 10.8. The summed E-state index contributed by atoms with van der Waals surface area (Å²) < 4.78 is 0. The molecule has 3 nitrogen and oxygen atoms in total. The summed E-state index contributed by atoms with van der Waals surface area (Å²) in [5.41, 5.74) is 1.78. The van der Waals surface area contributed by atoms with Gasteiger partial charge in [-0.25, -0.2) is 0 Å². The molecule has 0 radical (unpaired) electrons. The van der Waals surface area contributed by atoms with E-state index in [9.17, 15) is 0 Å². The summed E-state index contributed by atoms with van der Waals surface area (Å²) in [6.45, 7) is 4.57. The molecule has 0 aromatic heterocycles. The van der Waals surface area contributed by atoms with Crippen LogP contribution in [0.3, 0.4) is 0 Å². The molecule has 0 bridgehead atoms. The first-order valence-corrected chi connectivity index (χ1v) is 6.78. The molecule has 0 unspecified atom stereocenters. The van der Waals surface area contributed by atoms with Gasteiger partial charge in [0.05, 0.1) is 0 Å². The van der Waals surface area contributed by atoms with Gasteiger partial charge >= 0.3 is 0 Å². The number of hydrogen-bond donors (Lipinski definition) is 0. The number of piperidine rings is 1. The van der Waals surface area contributed by atoms with Gasteiger partial charge in [0.25, 0.3) is 0 Å². The van der Waals surface area contributed by atoms with Crippen LogP contribution in [0.2, 0.25) is 0 Å². The molecule has 96 valence electrons. The SMILES string of the molecule is CN1CC2(C=N1)CCN(Cc1ccccc1)CC2. The first-order chi connectivity index (χ1) is 8.76. The number of nitrogens with zero attached hydrogens (tertiary/aromatic N) is 3. The van der Waals surface area contributed by atoms with Crippen LogP contribution in [0.25, 0.3) is 0 Å². The number of hydrazone groups is 1. The van der Waals surface area contributed by atoms with Gasteiger partial charge in [-0.1, -0.05) is 30.3 Å². The first-order valence-electron chi connectivity index (χ1n) is 6.78. The fourth-order valence-corrected chi connectivity index (χ4v) is 3.04. The van der Waals surface area contributed by atoms with Crippen LogP contribution in [0, 0.1) is 5.41 Å². The molecule has 1 aromatic rings. The third-order valence-corrected chi connectivity index (χ3v) is 4.17. The smallest absolute Gasteiger partial charge is 0.0464 e. The molecule has 2 heterocycles. The Bertz CT molecular complexity index is 419. The van der Waals surface area contributed by atoms with Gasteiger partial charge in [-0.3, -0.25) is 9.91 Å². The standard InChI is InChI=1S/C15H21N3/c1-17-13-15(12-16-17)7-9-18(10-8-15)11-14-5-3-2-4-6-14/h2-6,12H,7-11,13H2,1H3. The molecule has 3 rings (SSSR count). The van der Waals surface area contributed by atoms with E-state index >= 15 is 0 Å². The molecule has 18 heavy (non-hydrogen) atoms. The third kappa shape index (κ3) is 2.41. The molecule has 0 aliphatic carbocycles. The van der Waals surface area contributed by atoms with E-state index in [1.807, 2.05) is 0 Å². The summed E-state index contributed by atoms with van der Waals surface area (Å²) in [5.74, 6) is 0. The van der Waals surface area contributed by atoms with Crippen molar-refractivity contribution in [3.63, 3.8) is 0 Å². The van der Waals surface area contributed by atoms with E-state index in [1.165, 1.54) is 31.5 Å². The average Bonchev–Trinajstić information content (AvgIpc) is 2.75. The molecule has 1 saturated heterocycles. The lowest BCUT2D eigenvalue weighted by atomic mass is 9.80. The summed E-state index contributed by atoms with van der Waals surface area (Å²) in [6.07, 6.45) is 4.67. The number of benzene rings is 1. The number of hydrogen-bond acceptors (Lipinski definition) is 3. The minimum Gasteiger partial charge on any atom is -0.299 e. The average molecular weight is 243 g/mol. The Morgan fingerprint density at radius 1 is 1.17 bits per heavy atom. The van der Waals surface area contributed by atoms with Crippen molar-refractivity contribution in [2.24, 2.45) is 10.5 Å². The van der Waals surface area contributed by atoms with Crippen molar-refractivity contribution < 1.29 is 0 Å². The highest BCUT2D eigenvalue weighted by atomic mass is 15.5. The van der Waals surface area contributed by atoms with E-state index in [1.54, 1.807) is 0 Å². The van der Waals surface area contributed by atoms with Crippen molar-refractivity contribution in [3.8, 4) is 0 Å². The van der Waals surface area contributed by atoms with Gasteiger partial charge in [0.2, 0.25) is 0 Å². The first kappa shape index (κ1) is 11.7. The quantitative estimate of drug-likeness (QED) is 0.793. The lowest BCUT2D eigenvalue weighted by Crippen LogP contribution is -2.42. The molecule has 2 aliphatic rings. The van der Waals surface area contributed by atoms with Crippen molar-refractivity contribution in [1.82, 2.24) is 9.91 Å². The maximum atomic E-state index is 4.41. The van der Waals surface area contributed by atoms with Crippen LogP contribution in [0.4, 0.5) is 0 Å². The zero-order valence-corrected chi connectivity index (χ0v) is 11.0. The van der Waals surface area contributed by atoms with Crippen LogP contribution < -0.4 is 0 Å². The van der Waals surface area contributed by atoms with Gasteiger partial charge in [-0.2, -0.15) is 5.10 Å². The molecule has 1 fully saturated rings. The van der Waals surface area contributed by atoms with E-state index in [0.29, 0.717) is 5.41 Å². The van der Waals surface area contributed by atoms with E-state index < -0.39 is 0 Å². The Kier molecular flexibility index (Phi) is 3.08. The summed E-state index contributed by atoms with van der Waals surface area (Å²) >= 11 is 0. The lowest BCUT2D eigenvalue weighted by molar-refractivity contribution is 0.134. The topological polar surface area (TPSA) is 18.8 Å². The monoisotopic (exact) mass is 243 g/mol. The second-order valence-electron chi connectivity index (χ2n) is 5.68. The Balaban J connectivity index is 1.56. The third-order valence-electron chi connectivity index (χ3n) is 4.17. The Hall–Kier alpha value is -1.35. The van der Waals surface area contributed by atoms with Crippen LogP contribution in [0.1, 0.15) is 18.4 Å². The van der Waals surface area contributed by atoms with Gasteiger partial charge in [0.15, 0.2) is 0 Å². The number of likely N-dealkylation sites (tertiary alicyclic amines) is 1. The molecular weight excluding hydrogens is 222 g/mol. The van der Waals surface area contributed by atoms with Gasteiger partial charge in [0, 0.05) is 31.8 Å². The Morgan fingerprint density at radius 2 is 1.89 bits per heavy atom. The largest absolute Gasteiger partial charge is 0.299 e. The zero-order chi connectivity index (χ0) is 12.4. The molecule has 1 spiro atoms. The van der Waals surface area contributed by atoms with E-state index in [0.717, 1.165) is 13.1 Å². The zero-order valence-electron chi connectivity index (χ0n) is 11.0. The molecule has 2 aliphatic heterocycles. The van der Waals surface area contributed by atoms with E-state index in [4.69, 9.17) is 0 Å². The van der Waals surface area contributed by atoms with E-state index in [2.05, 4.69) is 58.6 Å². The highest BCUT2D eigenvalue weighted by Gasteiger charge is 2.37. The van der Waals surface area contributed by atoms with Crippen LogP contribution in [-0.2, 0) is 6.54 Å². The predicted molar refractivity (Wildman–Crippen MR) is 74.5 cm³/mol. The van der Waals surface area contributed by atoms with Crippen molar-refractivity contribution >= 4 is 6.21 Å². The lowest BCUT2D eigenvalue weighted by Gasteiger charge is -2.37. The minimum atomic E-state index is 0.363. The van der Waals surface area contributed by atoms with Crippen molar-refractivity contribution in [1.29, 1.82) is 0 Å². The summed E-state index contributed by atoms with van der Waals surface area (Å²) in [4.78, 5) is 2.56. The van der Waals surface area contributed by atoms with Crippen molar-refractivity contribution in [3.05, 3.63) is 35.9 Å². The van der Waals surface area contributed by atoms with Crippen molar-refractivity contribution in [2.75, 3.05) is 26.7 Å². The van der Waals surface area contributed by atoms with Crippen molar-refractivity contribution in [2.45, 2.75) is 19.4 Å². The Labute approximate surface area is 109 Å². The highest BCUT2D eigenvalue weighted by molar-refractivity contribution is 5.68. The predicted octanol–water partition coefficient (Wildman–Crippen LogP) is 2.20. The molecular formula is C15H21N3. The van der Waals surface area contributed by atoms with Crippen LogP contribution in [0.5, 0.6) is 0 Å². The molecule has 0 amide bonds. The van der Waals surface area contributed by atoms with Crippen LogP contribution in [-0.4, -0.2) is 42.8 Å². The van der Waals surface area contributed by atoms with Gasteiger partial charge < -0.3 is 0 Å². The van der Waals surface area contributed by atoms with Gasteiger partial charge in [0.1, 0.15) is 0 Å². The Morgan fingerprint density at radius 3 is 2.50 bits per heavy atom. The maximum Gasteiger partial charge on any atom is 0.0464 e. The molecule has 1 aromatic carbocycles. The van der Waals surface area contributed by atoms with Crippen LogP contribution >= 0.6 is 0 Å². The van der Waals surface area contributed by atoms with Crippen LogP contribution in [0.15, 0.2) is 35.4 Å². The fraction of sp³-hybridized carbons (Fsp3) is 0.533. The molecule has 0 N–H and O–H groups in total. The van der Waals surface area contributed by atoms with Gasteiger partial charge in [-0.05, 0) is 31.5 Å². The summed E-state index contributed by atoms with van der Waals surface area (Å²) in [7, 11) is 2.07. The summed E-state index contributed by atoms with van der Waals surface area (Å²) in [5, 5.41) is 6.49. The maximum absolute atomic E-state index is 4.41. The second kappa shape index (κ2) is 4.73.